The third-order valence-corrected chi connectivity index (χ3v) is 0.727. The molecule has 0 rings (SSSR count). The molecule has 0 amide bonds. The van der Waals surface area contributed by atoms with E-state index >= 15 is 0 Å². The van der Waals surface area contributed by atoms with Gasteiger partial charge in [0.05, 0.1) is 0 Å². The van der Waals surface area contributed by atoms with E-state index in [2.05, 4.69) is 0 Å². The molecule has 4 N–H and O–H groups in total. The Morgan fingerprint density at radius 3 is 0.680 bits per heavy atom. The van der Waals surface area contributed by atoms with Crippen molar-refractivity contribution in [3.05, 3.63) is 0 Å². The molecule has 0 bridgehead atoms. The van der Waals surface area contributed by atoms with Gasteiger partial charge in [0.1, 0.15) is 0 Å². The van der Waals surface area contributed by atoms with Crippen LogP contribution in [0.15, 0.2) is 0 Å². The van der Waals surface area contributed by atoms with Crippen molar-refractivity contribution >= 4 is 174 Å². The molecule has 0 aliphatic heterocycles. The maximum Gasteiger partial charge on any atom is 2.00 e. The molecule has 0 saturated carbocycles. The third-order valence-electron chi connectivity index (χ3n) is 0.727. The van der Waals surface area contributed by atoms with Gasteiger partial charge in [0, 0.05) is 0 Å². The maximum absolute atomic E-state index is 9.64. The third kappa shape index (κ3) is 131. The van der Waals surface area contributed by atoms with Gasteiger partial charge in [0.25, 0.3) is 0 Å². The summed E-state index contributed by atoms with van der Waals surface area (Å²) in [5.74, 6) is -1.26. The first-order valence-electron chi connectivity index (χ1n) is 4.48. The summed E-state index contributed by atoms with van der Waals surface area (Å²) in [7, 11) is -10.8. The van der Waals surface area contributed by atoms with Crippen molar-refractivity contribution in [1.29, 1.82) is 0 Å². The standard InChI is InChI=1S/2C3H6O3.3Ba.2H3O4P/c2*1-2(4)3(5)6;;;;2*1-5(2,3)4/h2*3,5-6H,1H3;;;;2*(H3,1,2,3,4)/q;;3*+2;;/p-6. The van der Waals surface area contributed by atoms with Gasteiger partial charge in [-0.05, 0) is 13.8 Å². The molecule has 0 aromatic heterocycles. The number of Topliss-reactive ketones (excluding diaryl/α,β-unsaturated/α-hetero) is 2. The minimum absolute atomic E-state index is 0. The van der Waals surface area contributed by atoms with Gasteiger partial charge in [-0.1, -0.05) is 0 Å². The van der Waals surface area contributed by atoms with Crippen molar-refractivity contribution in [3.63, 3.8) is 0 Å². The molecule has 0 saturated heterocycles. The van der Waals surface area contributed by atoms with E-state index in [4.69, 9.17) is 58.9 Å². The summed E-state index contributed by atoms with van der Waals surface area (Å²) in [6, 6.07) is 0. The molecule has 14 nitrogen and oxygen atoms in total. The van der Waals surface area contributed by atoms with Crippen LogP contribution >= 0.6 is 15.6 Å². The second-order valence-corrected chi connectivity index (χ2v) is 4.65. The minimum Gasteiger partial charge on any atom is -0.822 e. The number of ketones is 2. The summed E-state index contributed by atoms with van der Waals surface area (Å²) in [6.45, 7) is 2.20. The Morgan fingerprint density at radius 2 is 0.680 bits per heavy atom. The van der Waals surface area contributed by atoms with Gasteiger partial charge >= 0.3 is 147 Å². The topological polar surface area (TPSA) is 288 Å². The van der Waals surface area contributed by atoms with E-state index in [0.717, 1.165) is 13.8 Å². The molecule has 25 heavy (non-hydrogen) atoms. The van der Waals surface area contributed by atoms with E-state index in [9.17, 15) is 9.59 Å². The second kappa shape index (κ2) is 26.1. The van der Waals surface area contributed by atoms with Crippen molar-refractivity contribution in [2.45, 2.75) is 26.4 Å². The first-order chi connectivity index (χ1) is 9.29. The van der Waals surface area contributed by atoms with E-state index in [1.54, 1.807) is 0 Å². The molecule has 0 radical (unpaired) electrons. The summed E-state index contributed by atoms with van der Waals surface area (Å²) in [6.07, 6.45) is -3.57. The minimum atomic E-state index is -5.39. The number of hydrogen-bond donors (Lipinski definition) is 4. The Labute approximate surface area is 263 Å². The van der Waals surface area contributed by atoms with Gasteiger partial charge in [-0.15, -0.1) is 0 Å². The van der Waals surface area contributed by atoms with Crippen molar-refractivity contribution < 1.29 is 68.5 Å². The van der Waals surface area contributed by atoms with Gasteiger partial charge < -0.3 is 58.9 Å². The Balaban J connectivity index is -0.0000000333. The smallest absolute Gasteiger partial charge is 0.822 e. The van der Waals surface area contributed by atoms with Crippen LogP contribution in [0.1, 0.15) is 13.8 Å². The zero-order valence-corrected chi connectivity index (χ0v) is 28.2. The van der Waals surface area contributed by atoms with E-state index in [1.807, 2.05) is 0 Å². The van der Waals surface area contributed by atoms with Crippen LogP contribution in [-0.2, 0) is 18.7 Å². The van der Waals surface area contributed by atoms with Gasteiger partial charge in [-0.2, -0.15) is 15.6 Å². The van der Waals surface area contributed by atoms with Crippen molar-refractivity contribution in [2.75, 3.05) is 0 Å². The van der Waals surface area contributed by atoms with Crippen molar-refractivity contribution in [3.8, 4) is 0 Å². The molecule has 0 fully saturated rings. The Bertz CT molecular complexity index is 349. The van der Waals surface area contributed by atoms with Gasteiger partial charge in [-0.3, -0.25) is 9.59 Å². The molecule has 0 aliphatic carbocycles. The van der Waals surface area contributed by atoms with Crippen molar-refractivity contribution in [1.82, 2.24) is 0 Å². The number of aliphatic hydroxyl groups excluding tert-OH is 2. The second-order valence-electron chi connectivity index (χ2n) is 2.86. The molecule has 0 unspecified atom stereocenters. The van der Waals surface area contributed by atoms with Crippen molar-refractivity contribution in [2.24, 2.45) is 0 Å². The first-order valence-corrected chi connectivity index (χ1v) is 7.40. The molecule has 136 valence electrons. The molecule has 0 aromatic rings. The van der Waals surface area contributed by atoms with Gasteiger partial charge in [-0.25, -0.2) is 0 Å². The van der Waals surface area contributed by atoms with Crippen LogP contribution in [0.3, 0.4) is 0 Å². The van der Waals surface area contributed by atoms with E-state index in [1.165, 1.54) is 0 Å². The largest absolute Gasteiger partial charge is 2.00 e. The van der Waals surface area contributed by atoms with Gasteiger partial charge in [0.15, 0.2) is 11.6 Å². The molecular weight excluding hydrogens is 770 g/mol. The normalized spacial score (nSPS) is 9.20. The number of carbonyl (C=O) groups is 2. The fourth-order valence-corrected chi connectivity index (χ4v) is 0. The zero-order chi connectivity index (χ0) is 19.3. The summed E-state index contributed by atoms with van der Waals surface area (Å²) in [5.41, 5.74) is 0. The zero-order valence-electron chi connectivity index (χ0n) is 13.0. The maximum atomic E-state index is 9.64. The Kier molecular flexibility index (Phi) is 49.2. The van der Waals surface area contributed by atoms with Crippen LogP contribution in [0.2, 0.25) is 0 Å². The molecule has 0 aromatic carbocycles. The molecule has 0 spiro atoms. The van der Waals surface area contributed by atoms with E-state index in [0.29, 0.717) is 0 Å². The molecule has 19 heteroatoms. The number of rotatable bonds is 2. The molecule has 0 aliphatic rings. The predicted molar refractivity (Wildman–Crippen MR) is 70.3 cm³/mol. The summed E-state index contributed by atoms with van der Waals surface area (Å²) in [4.78, 5) is 70.6. The number of aliphatic hydroxyl groups is 4. The summed E-state index contributed by atoms with van der Waals surface area (Å²) < 4.78 is 17.1. The summed E-state index contributed by atoms with van der Waals surface area (Å²) in [5, 5.41) is 31.3. The number of carbonyl (C=O) groups excluding carboxylic acids is 2. The number of phosphoric acid groups is 2. The Morgan fingerprint density at radius 1 is 0.640 bits per heavy atom. The fourth-order valence-electron chi connectivity index (χ4n) is 0. The number of hydrogen-bond acceptors (Lipinski definition) is 14. The van der Waals surface area contributed by atoms with E-state index in [-0.39, 0.29) is 147 Å². The van der Waals surface area contributed by atoms with Crippen LogP contribution in [0.25, 0.3) is 0 Å². The summed E-state index contributed by atoms with van der Waals surface area (Å²) >= 11 is 0. The average molecular weight is 782 g/mol. The molecular formula is C6H12Ba3O14P2. The van der Waals surface area contributed by atoms with Gasteiger partial charge in [0.2, 0.25) is 12.6 Å². The molecule has 0 atom stereocenters. The predicted octanol–water partition coefficient (Wildman–Crippen LogP) is -9.02. The van der Waals surface area contributed by atoms with Crippen LogP contribution < -0.4 is 29.4 Å². The van der Waals surface area contributed by atoms with E-state index < -0.39 is 39.8 Å². The monoisotopic (exact) mass is 784 g/mol. The van der Waals surface area contributed by atoms with Crippen LogP contribution in [0, 0.1) is 0 Å². The van der Waals surface area contributed by atoms with Crippen LogP contribution in [0.5, 0.6) is 0 Å². The fraction of sp³-hybridized carbons (Fsp3) is 0.667. The quantitative estimate of drug-likeness (QED) is 0.115. The van der Waals surface area contributed by atoms with Crippen LogP contribution in [0.4, 0.5) is 0 Å². The molecule has 0 heterocycles. The van der Waals surface area contributed by atoms with Crippen LogP contribution in [-0.4, -0.2) is 191 Å². The average Bonchev–Trinajstić information content (AvgIpc) is 2.12. The Hall–Kier alpha value is 4.11. The SMILES string of the molecule is CC(=O)C(O)O.CC(=O)C(O)O.O=P([O-])([O-])[O-].O=P([O-])([O-])[O-].[Ba+2].[Ba+2].[Ba+2]. The first kappa shape index (κ1) is 47.1.